The van der Waals surface area contributed by atoms with Crippen LogP contribution in [0, 0.1) is 0 Å². The van der Waals surface area contributed by atoms with Gasteiger partial charge in [0.15, 0.2) is 17.6 Å². The Bertz CT molecular complexity index is 714. The van der Waals surface area contributed by atoms with Gasteiger partial charge in [0, 0.05) is 18.2 Å². The van der Waals surface area contributed by atoms with Crippen LogP contribution in [0.25, 0.3) is 0 Å². The van der Waals surface area contributed by atoms with Crippen molar-refractivity contribution in [3.05, 3.63) is 40.6 Å². The van der Waals surface area contributed by atoms with E-state index in [1.54, 1.807) is 36.5 Å². The molecule has 0 saturated carbocycles. The molecule has 0 radical (unpaired) electrons. The zero-order valence-corrected chi connectivity index (χ0v) is 15.2. The summed E-state index contributed by atoms with van der Waals surface area (Å²) >= 11 is 1.58. The van der Waals surface area contributed by atoms with E-state index >= 15 is 0 Å². The van der Waals surface area contributed by atoms with Gasteiger partial charge in [0.05, 0.1) is 14.2 Å². The number of hydrogen-bond donors (Lipinski definition) is 1. The standard InChI is InChI=1S/C18H21NO5S/c1-12(24-17(20)7-4-13-8-9-25-11-13)18(21)19-14-5-6-15(22-2)16(10-14)23-3/h5-6,8-12H,4,7H2,1-3H3,(H,19,21)/t12-/m0/s1. The summed E-state index contributed by atoms with van der Waals surface area (Å²) in [7, 11) is 3.05. The fraction of sp³-hybridized carbons (Fsp3) is 0.333. The van der Waals surface area contributed by atoms with Gasteiger partial charge in [-0.25, -0.2) is 0 Å². The lowest BCUT2D eigenvalue weighted by Crippen LogP contribution is -2.30. The molecule has 0 spiro atoms. The molecule has 1 aromatic heterocycles. The number of rotatable bonds is 8. The molecule has 134 valence electrons. The van der Waals surface area contributed by atoms with Crippen LogP contribution in [0.2, 0.25) is 0 Å². The largest absolute Gasteiger partial charge is 0.493 e. The van der Waals surface area contributed by atoms with E-state index in [4.69, 9.17) is 14.2 Å². The third-order valence-corrected chi connectivity index (χ3v) is 4.26. The Kier molecular flexibility index (Phi) is 6.82. The molecular formula is C18H21NO5S. The first-order valence-corrected chi connectivity index (χ1v) is 8.71. The molecule has 0 fully saturated rings. The molecule has 1 amide bonds. The van der Waals surface area contributed by atoms with Gasteiger partial charge in [0.2, 0.25) is 0 Å². The van der Waals surface area contributed by atoms with Crippen molar-refractivity contribution in [2.45, 2.75) is 25.9 Å². The molecule has 25 heavy (non-hydrogen) atoms. The molecule has 1 heterocycles. The molecule has 0 aliphatic rings. The number of aryl methyl sites for hydroxylation is 1. The summed E-state index contributed by atoms with van der Waals surface area (Å²) in [5, 5.41) is 6.64. The molecule has 2 rings (SSSR count). The van der Waals surface area contributed by atoms with E-state index in [1.807, 2.05) is 16.8 Å². The summed E-state index contributed by atoms with van der Waals surface area (Å²) in [5.41, 5.74) is 1.62. The van der Waals surface area contributed by atoms with Gasteiger partial charge in [-0.1, -0.05) is 0 Å². The topological polar surface area (TPSA) is 73.9 Å². The Balaban J connectivity index is 1.86. The highest BCUT2D eigenvalue weighted by molar-refractivity contribution is 7.07. The van der Waals surface area contributed by atoms with E-state index in [0.29, 0.717) is 23.6 Å². The maximum atomic E-state index is 12.2. The predicted octanol–water partition coefficient (Wildman–Crippen LogP) is 3.27. The molecule has 0 aliphatic heterocycles. The molecule has 1 N–H and O–H groups in total. The van der Waals surface area contributed by atoms with Gasteiger partial charge in [0.25, 0.3) is 5.91 Å². The van der Waals surface area contributed by atoms with E-state index in [-0.39, 0.29) is 6.42 Å². The van der Waals surface area contributed by atoms with Crippen molar-refractivity contribution in [1.82, 2.24) is 0 Å². The fourth-order valence-corrected chi connectivity index (χ4v) is 2.85. The number of anilines is 1. The summed E-state index contributed by atoms with van der Waals surface area (Å²) in [6, 6.07) is 6.98. The Morgan fingerprint density at radius 3 is 2.56 bits per heavy atom. The van der Waals surface area contributed by atoms with Crippen molar-refractivity contribution in [3.8, 4) is 11.5 Å². The number of amides is 1. The highest BCUT2D eigenvalue weighted by atomic mass is 32.1. The normalized spacial score (nSPS) is 11.5. The smallest absolute Gasteiger partial charge is 0.306 e. The van der Waals surface area contributed by atoms with Crippen molar-refractivity contribution < 1.29 is 23.8 Å². The van der Waals surface area contributed by atoms with Crippen molar-refractivity contribution in [2.75, 3.05) is 19.5 Å². The van der Waals surface area contributed by atoms with Crippen LogP contribution in [0.4, 0.5) is 5.69 Å². The summed E-state index contributed by atoms with van der Waals surface area (Å²) in [6.45, 7) is 1.54. The molecule has 1 atom stereocenters. The Hall–Kier alpha value is -2.54. The molecule has 0 saturated heterocycles. The predicted molar refractivity (Wildman–Crippen MR) is 96.4 cm³/mol. The van der Waals surface area contributed by atoms with Crippen LogP contribution in [0.1, 0.15) is 18.9 Å². The van der Waals surface area contributed by atoms with Crippen LogP contribution < -0.4 is 14.8 Å². The number of carbonyl (C=O) groups is 2. The molecule has 1 aromatic carbocycles. The summed E-state index contributed by atoms with van der Waals surface area (Å²) in [6.07, 6.45) is -0.0417. The molecular weight excluding hydrogens is 342 g/mol. The minimum absolute atomic E-state index is 0.241. The first kappa shape index (κ1) is 18.8. The average molecular weight is 363 g/mol. The van der Waals surface area contributed by atoms with E-state index in [0.717, 1.165) is 5.56 Å². The number of methoxy groups -OCH3 is 2. The molecule has 0 bridgehead atoms. The van der Waals surface area contributed by atoms with Crippen molar-refractivity contribution in [3.63, 3.8) is 0 Å². The van der Waals surface area contributed by atoms with Crippen LogP contribution in [0.3, 0.4) is 0 Å². The van der Waals surface area contributed by atoms with E-state index in [1.165, 1.54) is 14.2 Å². The third kappa shape index (κ3) is 5.49. The summed E-state index contributed by atoms with van der Waals surface area (Å²) < 4.78 is 15.5. The fourth-order valence-electron chi connectivity index (χ4n) is 2.15. The lowest BCUT2D eigenvalue weighted by Gasteiger charge is -2.14. The number of esters is 1. The SMILES string of the molecule is COc1ccc(NC(=O)[C@H](C)OC(=O)CCc2ccsc2)cc1OC. The van der Waals surface area contributed by atoms with Crippen LogP contribution >= 0.6 is 11.3 Å². The Morgan fingerprint density at radius 1 is 1.16 bits per heavy atom. The van der Waals surface area contributed by atoms with Gasteiger partial charge in [-0.2, -0.15) is 11.3 Å². The van der Waals surface area contributed by atoms with Crippen LogP contribution in [-0.4, -0.2) is 32.2 Å². The monoisotopic (exact) mass is 363 g/mol. The third-order valence-electron chi connectivity index (χ3n) is 3.53. The molecule has 2 aromatic rings. The van der Waals surface area contributed by atoms with E-state index in [2.05, 4.69) is 5.32 Å². The molecule has 6 nitrogen and oxygen atoms in total. The average Bonchev–Trinajstić information content (AvgIpc) is 3.13. The zero-order chi connectivity index (χ0) is 18.2. The van der Waals surface area contributed by atoms with Crippen molar-refractivity contribution in [1.29, 1.82) is 0 Å². The quantitative estimate of drug-likeness (QED) is 0.729. The van der Waals surface area contributed by atoms with Crippen LogP contribution in [-0.2, 0) is 20.7 Å². The summed E-state index contributed by atoms with van der Waals surface area (Å²) in [4.78, 5) is 24.0. The van der Waals surface area contributed by atoms with Gasteiger partial charge in [-0.3, -0.25) is 9.59 Å². The van der Waals surface area contributed by atoms with Crippen LogP contribution in [0.5, 0.6) is 11.5 Å². The molecule has 7 heteroatoms. The second-order valence-electron chi connectivity index (χ2n) is 5.32. The highest BCUT2D eigenvalue weighted by Crippen LogP contribution is 2.29. The van der Waals surface area contributed by atoms with Gasteiger partial charge >= 0.3 is 5.97 Å². The minimum atomic E-state index is -0.886. The van der Waals surface area contributed by atoms with Gasteiger partial charge in [-0.15, -0.1) is 0 Å². The van der Waals surface area contributed by atoms with Gasteiger partial charge in [-0.05, 0) is 47.9 Å². The minimum Gasteiger partial charge on any atom is -0.493 e. The van der Waals surface area contributed by atoms with Crippen molar-refractivity contribution >= 4 is 28.9 Å². The number of benzene rings is 1. The molecule has 0 aliphatic carbocycles. The van der Waals surface area contributed by atoms with Gasteiger partial charge in [0.1, 0.15) is 0 Å². The number of hydrogen-bond acceptors (Lipinski definition) is 6. The van der Waals surface area contributed by atoms with E-state index in [9.17, 15) is 9.59 Å². The Labute approximate surface area is 150 Å². The lowest BCUT2D eigenvalue weighted by molar-refractivity contribution is -0.153. The second kappa shape index (κ2) is 9.08. The number of thiophene rings is 1. The second-order valence-corrected chi connectivity index (χ2v) is 6.10. The molecule has 0 unspecified atom stereocenters. The number of nitrogens with one attached hydrogen (secondary N) is 1. The maximum Gasteiger partial charge on any atom is 0.306 e. The Morgan fingerprint density at radius 2 is 1.92 bits per heavy atom. The maximum absolute atomic E-state index is 12.2. The van der Waals surface area contributed by atoms with Gasteiger partial charge < -0.3 is 19.5 Å². The first-order valence-electron chi connectivity index (χ1n) is 7.77. The van der Waals surface area contributed by atoms with Crippen molar-refractivity contribution in [2.24, 2.45) is 0 Å². The summed E-state index contributed by atoms with van der Waals surface area (Å²) in [5.74, 6) is 0.256. The zero-order valence-electron chi connectivity index (χ0n) is 14.4. The lowest BCUT2D eigenvalue weighted by atomic mass is 10.2. The highest BCUT2D eigenvalue weighted by Gasteiger charge is 2.18. The van der Waals surface area contributed by atoms with Crippen LogP contribution in [0.15, 0.2) is 35.0 Å². The number of carbonyl (C=O) groups excluding carboxylic acids is 2. The first-order chi connectivity index (χ1) is 12.0. The number of ether oxygens (including phenoxy) is 3. The van der Waals surface area contributed by atoms with E-state index < -0.39 is 18.0 Å².